The van der Waals surface area contributed by atoms with Gasteiger partial charge in [0.05, 0.1) is 12.3 Å². The van der Waals surface area contributed by atoms with Crippen LogP contribution >= 0.6 is 11.3 Å². The van der Waals surface area contributed by atoms with Crippen molar-refractivity contribution < 1.29 is 8.42 Å². The summed E-state index contributed by atoms with van der Waals surface area (Å²) in [5.74, 6) is 1.01. The van der Waals surface area contributed by atoms with E-state index in [4.69, 9.17) is 0 Å². The average molecular weight is 402 g/mol. The lowest BCUT2D eigenvalue weighted by Gasteiger charge is -2.32. The normalized spacial score (nSPS) is 17.4. The molecule has 0 aromatic carbocycles. The average Bonchev–Trinajstić information content (AvgIpc) is 3.08. The van der Waals surface area contributed by atoms with Crippen LogP contribution in [0.25, 0.3) is 0 Å². The highest BCUT2D eigenvalue weighted by Crippen LogP contribution is 2.16. The minimum Gasteiger partial charge on any atom is -0.357 e. The third-order valence-corrected chi connectivity index (χ3v) is 7.52. The SMILES string of the molecule is CCCS(=O)(=O)N1CCC(NC(=NCc2ncc(CC)s2)NCC)CC1. The molecule has 1 fully saturated rings. The Labute approximate surface area is 161 Å². The van der Waals surface area contributed by atoms with Crippen molar-refractivity contribution in [2.45, 2.75) is 59.0 Å². The van der Waals surface area contributed by atoms with Crippen LogP contribution in [0.15, 0.2) is 11.2 Å². The maximum absolute atomic E-state index is 12.2. The zero-order chi connectivity index (χ0) is 19.0. The van der Waals surface area contributed by atoms with Crippen LogP contribution in [0.3, 0.4) is 0 Å². The third-order valence-electron chi connectivity index (χ3n) is 4.32. The van der Waals surface area contributed by atoms with Crippen molar-refractivity contribution in [2.24, 2.45) is 4.99 Å². The summed E-state index contributed by atoms with van der Waals surface area (Å²) in [5.41, 5.74) is 0. The van der Waals surface area contributed by atoms with Gasteiger partial charge in [0, 0.05) is 36.8 Å². The van der Waals surface area contributed by atoms with Gasteiger partial charge < -0.3 is 10.6 Å². The predicted octanol–water partition coefficient (Wildman–Crippen LogP) is 1.96. The molecule has 2 rings (SSSR count). The van der Waals surface area contributed by atoms with E-state index in [1.165, 1.54) is 4.88 Å². The van der Waals surface area contributed by atoms with Crippen LogP contribution in [-0.4, -0.2) is 55.1 Å². The molecule has 0 amide bonds. The lowest BCUT2D eigenvalue weighted by molar-refractivity contribution is 0.306. The molecule has 2 N–H and O–H groups in total. The number of thiazole rings is 1. The zero-order valence-corrected chi connectivity index (χ0v) is 17.6. The summed E-state index contributed by atoms with van der Waals surface area (Å²) in [6.07, 6.45) is 5.17. The van der Waals surface area contributed by atoms with E-state index in [9.17, 15) is 8.42 Å². The Morgan fingerprint density at radius 3 is 2.65 bits per heavy atom. The molecule has 9 heteroatoms. The van der Waals surface area contributed by atoms with Crippen molar-refractivity contribution in [1.82, 2.24) is 19.9 Å². The Hall–Kier alpha value is -1.19. The number of guanidine groups is 1. The van der Waals surface area contributed by atoms with Crippen molar-refractivity contribution in [3.8, 4) is 0 Å². The van der Waals surface area contributed by atoms with Crippen LogP contribution in [-0.2, 0) is 23.0 Å². The molecule has 1 saturated heterocycles. The third kappa shape index (κ3) is 6.21. The second-order valence-electron chi connectivity index (χ2n) is 6.40. The number of piperidine rings is 1. The zero-order valence-electron chi connectivity index (χ0n) is 16.0. The van der Waals surface area contributed by atoms with Gasteiger partial charge in [-0.3, -0.25) is 0 Å². The topological polar surface area (TPSA) is 86.7 Å². The van der Waals surface area contributed by atoms with E-state index in [-0.39, 0.29) is 11.8 Å². The molecule has 7 nitrogen and oxygen atoms in total. The number of sulfonamides is 1. The Morgan fingerprint density at radius 2 is 2.08 bits per heavy atom. The number of aromatic nitrogens is 1. The molecule has 2 heterocycles. The molecule has 1 aliphatic rings. The van der Waals surface area contributed by atoms with Crippen molar-refractivity contribution in [3.05, 3.63) is 16.1 Å². The number of hydrogen-bond donors (Lipinski definition) is 2. The van der Waals surface area contributed by atoms with Crippen LogP contribution in [0.1, 0.15) is 49.9 Å². The van der Waals surface area contributed by atoms with E-state index in [1.54, 1.807) is 15.6 Å². The molecule has 26 heavy (non-hydrogen) atoms. The number of nitrogens with one attached hydrogen (secondary N) is 2. The molecule has 148 valence electrons. The van der Waals surface area contributed by atoms with Gasteiger partial charge in [0.2, 0.25) is 10.0 Å². The fourth-order valence-corrected chi connectivity index (χ4v) is 5.24. The van der Waals surface area contributed by atoms with Crippen molar-refractivity contribution in [1.29, 1.82) is 0 Å². The quantitative estimate of drug-likeness (QED) is 0.514. The van der Waals surface area contributed by atoms with Gasteiger partial charge in [-0.05, 0) is 32.6 Å². The minimum atomic E-state index is -3.09. The van der Waals surface area contributed by atoms with Gasteiger partial charge in [-0.1, -0.05) is 13.8 Å². The standard InChI is InChI=1S/C17H31N5O2S2/c1-4-11-26(23,24)22-9-7-14(8-10-22)21-17(18-6-3)20-13-16-19-12-15(5-2)25-16/h12,14H,4-11,13H2,1-3H3,(H2,18,20,21). The second-order valence-corrected chi connectivity index (χ2v) is 9.69. The molecular formula is C17H31N5O2S2. The van der Waals surface area contributed by atoms with E-state index < -0.39 is 10.0 Å². The molecule has 0 spiro atoms. The molecule has 0 aliphatic carbocycles. The van der Waals surface area contributed by atoms with Gasteiger partial charge in [0.1, 0.15) is 5.01 Å². The Morgan fingerprint density at radius 1 is 1.35 bits per heavy atom. The summed E-state index contributed by atoms with van der Waals surface area (Å²) >= 11 is 1.70. The maximum atomic E-state index is 12.2. The van der Waals surface area contributed by atoms with Gasteiger partial charge >= 0.3 is 0 Å². The van der Waals surface area contributed by atoms with E-state index in [0.717, 1.165) is 36.8 Å². The fraction of sp³-hybridized carbons (Fsp3) is 0.765. The highest BCUT2D eigenvalue weighted by atomic mass is 32.2. The lowest BCUT2D eigenvalue weighted by Crippen LogP contribution is -2.50. The Bertz CT molecular complexity index is 679. The summed E-state index contributed by atoms with van der Waals surface area (Å²) < 4.78 is 26.0. The lowest BCUT2D eigenvalue weighted by atomic mass is 10.1. The van der Waals surface area contributed by atoms with Crippen LogP contribution in [0.5, 0.6) is 0 Å². The number of aryl methyl sites for hydroxylation is 1. The van der Waals surface area contributed by atoms with Crippen molar-refractivity contribution >= 4 is 27.3 Å². The monoisotopic (exact) mass is 401 g/mol. The predicted molar refractivity (Wildman–Crippen MR) is 108 cm³/mol. The second kappa shape index (κ2) is 10.2. The van der Waals surface area contributed by atoms with Gasteiger partial charge in [-0.15, -0.1) is 11.3 Å². The minimum absolute atomic E-state index is 0.239. The molecule has 1 aromatic rings. The summed E-state index contributed by atoms with van der Waals surface area (Å²) in [4.78, 5) is 10.3. The molecule has 1 aliphatic heterocycles. The summed E-state index contributed by atoms with van der Waals surface area (Å²) in [7, 11) is -3.09. The highest BCUT2D eigenvalue weighted by molar-refractivity contribution is 7.89. The Kier molecular flexibility index (Phi) is 8.30. The van der Waals surface area contributed by atoms with Crippen molar-refractivity contribution in [3.63, 3.8) is 0 Å². The maximum Gasteiger partial charge on any atom is 0.214 e. The van der Waals surface area contributed by atoms with Gasteiger partial charge in [0.15, 0.2) is 5.96 Å². The van der Waals surface area contributed by atoms with Crippen LogP contribution in [0, 0.1) is 0 Å². The van der Waals surface area contributed by atoms with E-state index in [0.29, 0.717) is 26.1 Å². The Balaban J connectivity index is 1.89. The molecule has 0 atom stereocenters. The van der Waals surface area contributed by atoms with Crippen LogP contribution in [0.2, 0.25) is 0 Å². The summed E-state index contributed by atoms with van der Waals surface area (Å²) in [6, 6.07) is 0.239. The fourth-order valence-electron chi connectivity index (χ4n) is 2.91. The first-order valence-electron chi connectivity index (χ1n) is 9.44. The van der Waals surface area contributed by atoms with E-state index in [2.05, 4.69) is 27.5 Å². The van der Waals surface area contributed by atoms with E-state index in [1.807, 2.05) is 20.0 Å². The highest BCUT2D eigenvalue weighted by Gasteiger charge is 2.27. The molecule has 0 bridgehead atoms. The van der Waals surface area contributed by atoms with Gasteiger partial charge in [-0.25, -0.2) is 22.7 Å². The largest absolute Gasteiger partial charge is 0.357 e. The van der Waals surface area contributed by atoms with Crippen LogP contribution < -0.4 is 10.6 Å². The van der Waals surface area contributed by atoms with Gasteiger partial charge in [0.25, 0.3) is 0 Å². The first-order valence-corrected chi connectivity index (χ1v) is 11.9. The molecular weight excluding hydrogens is 370 g/mol. The number of aliphatic imine (C=N–C) groups is 1. The molecule has 1 aromatic heterocycles. The first-order chi connectivity index (χ1) is 12.5. The molecule has 0 unspecified atom stereocenters. The number of hydrogen-bond acceptors (Lipinski definition) is 5. The summed E-state index contributed by atoms with van der Waals surface area (Å²) in [5, 5.41) is 7.73. The molecule has 0 saturated carbocycles. The molecule has 0 radical (unpaired) electrons. The van der Waals surface area contributed by atoms with Crippen LogP contribution in [0.4, 0.5) is 0 Å². The number of rotatable bonds is 8. The smallest absolute Gasteiger partial charge is 0.214 e. The first kappa shape index (κ1) is 21.1. The van der Waals surface area contributed by atoms with Crippen molar-refractivity contribution in [2.75, 3.05) is 25.4 Å². The van der Waals surface area contributed by atoms with Gasteiger partial charge in [-0.2, -0.15) is 0 Å². The summed E-state index contributed by atoms with van der Waals surface area (Å²) in [6.45, 7) is 8.56. The van der Waals surface area contributed by atoms with E-state index >= 15 is 0 Å². The number of nitrogens with zero attached hydrogens (tertiary/aromatic N) is 3.